The van der Waals surface area contributed by atoms with Crippen molar-refractivity contribution in [3.8, 4) is 67.5 Å². The molecule has 1 aliphatic rings. The summed E-state index contributed by atoms with van der Waals surface area (Å²) in [7, 11) is 0. The number of rotatable bonds is 7. The van der Waals surface area contributed by atoms with E-state index in [0.717, 1.165) is 72.5 Å². The summed E-state index contributed by atoms with van der Waals surface area (Å²) >= 11 is 0. The number of fused-ring (bicyclic) bond motifs is 1. The van der Waals surface area contributed by atoms with Gasteiger partial charge in [-0.2, -0.15) is 0 Å². The summed E-state index contributed by atoms with van der Waals surface area (Å²) in [5.74, 6) is 1.65. The molecule has 348 valence electrons. The lowest BCUT2D eigenvalue weighted by Gasteiger charge is -2.28. The number of para-hydroxylation sites is 1. The van der Waals surface area contributed by atoms with Crippen LogP contribution in [-0.2, 0) is 21.7 Å². The maximum absolute atomic E-state index is 12.6. The van der Waals surface area contributed by atoms with Gasteiger partial charge in [0.2, 0.25) is 0 Å². The van der Waals surface area contributed by atoms with Crippen molar-refractivity contribution in [3.05, 3.63) is 167 Å². The monoisotopic (exact) mass is 898 g/mol. The molecule has 8 aromatic rings. The van der Waals surface area contributed by atoms with Crippen LogP contribution in [0.4, 0.5) is 0 Å². The van der Waals surface area contributed by atoms with Gasteiger partial charge in [-0.3, -0.25) is 9.55 Å². The number of pyridine rings is 1. The van der Waals surface area contributed by atoms with Crippen molar-refractivity contribution in [2.45, 2.75) is 143 Å². The molecule has 1 N–H and O–H groups in total. The summed E-state index contributed by atoms with van der Waals surface area (Å²) < 4.78 is 2.31. The highest BCUT2D eigenvalue weighted by molar-refractivity contribution is 5.98. The van der Waals surface area contributed by atoms with E-state index >= 15 is 0 Å². The molecule has 4 heteroatoms. The van der Waals surface area contributed by atoms with Crippen LogP contribution in [0.5, 0.6) is 5.75 Å². The van der Waals surface area contributed by atoms with Crippen molar-refractivity contribution in [2.75, 3.05) is 0 Å². The summed E-state index contributed by atoms with van der Waals surface area (Å²) in [6, 6.07) is 49.1. The lowest BCUT2D eigenvalue weighted by atomic mass is 9.79. The molecule has 2 heterocycles. The number of hydrogen-bond donors (Lipinski definition) is 1. The molecule has 0 unspecified atom stereocenters. The number of aromatic nitrogens is 3. The molecule has 0 saturated heterocycles. The fourth-order valence-corrected chi connectivity index (χ4v) is 10.1. The molecule has 0 bridgehead atoms. The number of benzene rings is 6. The molecule has 0 atom stereocenters. The molecular weight excluding hydrogens is 827 g/mol. The number of phenolic OH excluding ortho intramolecular Hbond substituents is 1. The second kappa shape index (κ2) is 17.7. The molecule has 2 aromatic heterocycles. The Balaban J connectivity index is 1.29. The van der Waals surface area contributed by atoms with Gasteiger partial charge in [-0.05, 0) is 133 Å². The van der Waals surface area contributed by atoms with Crippen molar-refractivity contribution in [1.29, 1.82) is 0 Å². The maximum atomic E-state index is 12.6. The predicted molar refractivity (Wildman–Crippen MR) is 288 cm³/mol. The number of aromatic hydroxyl groups is 1. The second-order valence-corrected chi connectivity index (χ2v) is 23.6. The average molecular weight is 898 g/mol. The third kappa shape index (κ3) is 9.32. The Kier molecular flexibility index (Phi) is 12.2. The summed E-state index contributed by atoms with van der Waals surface area (Å²) in [6.45, 7) is 26.9. The van der Waals surface area contributed by atoms with Gasteiger partial charge in [0.05, 0.1) is 28.0 Å². The van der Waals surface area contributed by atoms with Crippen molar-refractivity contribution < 1.29 is 5.11 Å². The first kappa shape index (κ1) is 46.8. The largest absolute Gasteiger partial charge is 0.507 e. The van der Waals surface area contributed by atoms with Crippen LogP contribution in [0.2, 0.25) is 0 Å². The summed E-state index contributed by atoms with van der Waals surface area (Å²) in [4.78, 5) is 10.7. The van der Waals surface area contributed by atoms with E-state index in [4.69, 9.17) is 9.97 Å². The van der Waals surface area contributed by atoms with Crippen molar-refractivity contribution in [2.24, 2.45) is 0 Å². The first-order valence-corrected chi connectivity index (χ1v) is 25.0. The Labute approximate surface area is 406 Å². The summed E-state index contributed by atoms with van der Waals surface area (Å²) in [5, 5.41) is 12.6. The third-order valence-corrected chi connectivity index (χ3v) is 14.4. The molecular formula is C64H71N3O. The molecule has 0 spiro atoms. The summed E-state index contributed by atoms with van der Waals surface area (Å²) in [5.41, 5.74) is 17.6. The number of phenols is 1. The molecule has 68 heavy (non-hydrogen) atoms. The molecule has 1 saturated carbocycles. The van der Waals surface area contributed by atoms with Crippen molar-refractivity contribution in [3.63, 3.8) is 0 Å². The van der Waals surface area contributed by atoms with E-state index in [1.807, 2.05) is 6.20 Å². The molecule has 1 fully saturated rings. The van der Waals surface area contributed by atoms with Crippen LogP contribution in [0.25, 0.3) is 72.7 Å². The molecule has 0 amide bonds. The van der Waals surface area contributed by atoms with Crippen LogP contribution < -0.4 is 0 Å². The average Bonchev–Trinajstić information content (AvgIpc) is 3.70. The fourth-order valence-electron chi connectivity index (χ4n) is 10.1. The van der Waals surface area contributed by atoms with Crippen LogP contribution >= 0.6 is 0 Å². The number of hydrogen-bond acceptors (Lipinski definition) is 3. The van der Waals surface area contributed by atoms with Gasteiger partial charge in [0.1, 0.15) is 11.6 Å². The van der Waals surface area contributed by atoms with Gasteiger partial charge in [-0.1, -0.05) is 187 Å². The van der Waals surface area contributed by atoms with Crippen LogP contribution in [0.1, 0.15) is 149 Å². The Morgan fingerprint density at radius 2 is 1.13 bits per heavy atom. The van der Waals surface area contributed by atoms with Gasteiger partial charge in [-0.25, -0.2) is 4.98 Å². The first-order chi connectivity index (χ1) is 32.1. The first-order valence-electron chi connectivity index (χ1n) is 25.0. The standard InChI is InChI=1S/C64H71N3O/c1-61(2,3)48-30-31-56(52(38-48)44-22-17-14-18-23-44)67-57-25-19-24-51(58(57)66-60(67)53-39-50(63(7,8)9)40-54(59(53)68)64(10,11)12)46-34-47(36-49(35-46)62(4,5)6)55-37-45(32-33-65-55)43-28-26-42(27-29-43)41-20-15-13-16-21-41/h14,17-19,22-41,68H,13,15-16,20-21H2,1-12H3. The molecule has 1 aliphatic carbocycles. The van der Waals surface area contributed by atoms with Gasteiger partial charge in [0.15, 0.2) is 0 Å². The van der Waals surface area contributed by atoms with Crippen LogP contribution in [0.15, 0.2) is 140 Å². The lowest BCUT2D eigenvalue weighted by Crippen LogP contribution is -2.17. The molecule has 6 aromatic carbocycles. The van der Waals surface area contributed by atoms with E-state index in [1.54, 1.807) is 0 Å². The van der Waals surface area contributed by atoms with Gasteiger partial charge in [0, 0.05) is 28.5 Å². The minimum atomic E-state index is -0.320. The highest BCUT2D eigenvalue weighted by atomic mass is 16.3. The highest BCUT2D eigenvalue weighted by Crippen LogP contribution is 2.46. The Morgan fingerprint density at radius 1 is 0.485 bits per heavy atom. The van der Waals surface area contributed by atoms with Crippen LogP contribution in [0.3, 0.4) is 0 Å². The zero-order valence-electron chi connectivity index (χ0n) is 42.7. The molecule has 0 radical (unpaired) electrons. The van der Waals surface area contributed by atoms with Gasteiger partial charge >= 0.3 is 0 Å². The van der Waals surface area contributed by atoms with Crippen LogP contribution in [-0.4, -0.2) is 19.6 Å². The quantitative estimate of drug-likeness (QED) is 0.173. The Bertz CT molecular complexity index is 3120. The van der Waals surface area contributed by atoms with Gasteiger partial charge in [-0.15, -0.1) is 0 Å². The summed E-state index contributed by atoms with van der Waals surface area (Å²) in [6.07, 6.45) is 8.58. The third-order valence-electron chi connectivity index (χ3n) is 14.4. The lowest BCUT2D eigenvalue weighted by molar-refractivity contribution is 0.443. The maximum Gasteiger partial charge on any atom is 0.149 e. The van der Waals surface area contributed by atoms with E-state index in [2.05, 4.69) is 221 Å². The van der Waals surface area contributed by atoms with Gasteiger partial charge in [0.25, 0.3) is 0 Å². The van der Waals surface area contributed by atoms with E-state index in [-0.39, 0.29) is 27.4 Å². The SMILES string of the molecule is CC(C)(C)c1cc(-c2cc(-c3ccc(C4CCCCC4)cc3)ccn2)cc(-c2cccc3c2nc(-c2cc(C(C)(C)C)cc(C(C)(C)C)c2O)n3-c2ccc(C(C)(C)C)cc2-c2ccccc2)c1. The second-order valence-electron chi connectivity index (χ2n) is 23.6. The Hall–Kier alpha value is -6.26. The highest BCUT2D eigenvalue weighted by Gasteiger charge is 2.30. The minimum absolute atomic E-state index is 0.0701. The van der Waals surface area contributed by atoms with Crippen LogP contribution in [0, 0.1) is 0 Å². The normalized spacial score (nSPS) is 14.2. The fraction of sp³-hybridized carbons (Fsp3) is 0.344. The van der Waals surface area contributed by atoms with E-state index in [0.29, 0.717) is 11.7 Å². The zero-order valence-corrected chi connectivity index (χ0v) is 42.7. The van der Waals surface area contributed by atoms with Crippen molar-refractivity contribution in [1.82, 2.24) is 14.5 Å². The van der Waals surface area contributed by atoms with Crippen molar-refractivity contribution >= 4 is 11.0 Å². The van der Waals surface area contributed by atoms with E-state index < -0.39 is 0 Å². The van der Waals surface area contributed by atoms with E-state index in [1.165, 1.54) is 54.4 Å². The smallest absolute Gasteiger partial charge is 0.149 e. The minimum Gasteiger partial charge on any atom is -0.507 e. The predicted octanol–water partition coefficient (Wildman–Crippen LogP) is 17.7. The molecule has 4 nitrogen and oxygen atoms in total. The molecule has 0 aliphatic heterocycles. The Morgan fingerprint density at radius 3 is 1.79 bits per heavy atom. The van der Waals surface area contributed by atoms with E-state index in [9.17, 15) is 5.11 Å². The number of nitrogens with zero attached hydrogens (tertiary/aromatic N) is 3. The zero-order chi connectivity index (χ0) is 48.3. The number of imidazole rings is 1. The topological polar surface area (TPSA) is 50.9 Å². The molecule has 9 rings (SSSR count). The van der Waals surface area contributed by atoms with Gasteiger partial charge < -0.3 is 5.11 Å².